The molecule has 1 N–H and O–H groups in total. The highest BCUT2D eigenvalue weighted by molar-refractivity contribution is 7.99. The standard InChI is InChI=1S/C16H24N2O2S/c1-10-8-13(6-7-14(10)20-4)15-17-12(3)16(19)18(15)9-11(2)21-5/h6-8,11-12,15,17H,9H2,1-5H3. The Kier molecular flexibility index (Phi) is 5.17. The minimum absolute atomic E-state index is 0.0493. The highest BCUT2D eigenvalue weighted by atomic mass is 32.2. The van der Waals surface area contributed by atoms with Gasteiger partial charge in [0.25, 0.3) is 0 Å². The Morgan fingerprint density at radius 3 is 2.76 bits per heavy atom. The van der Waals surface area contributed by atoms with Crippen LogP contribution in [0.2, 0.25) is 0 Å². The van der Waals surface area contributed by atoms with E-state index in [4.69, 9.17) is 4.74 Å². The fourth-order valence-electron chi connectivity index (χ4n) is 2.67. The van der Waals surface area contributed by atoms with Gasteiger partial charge in [0.05, 0.1) is 13.2 Å². The van der Waals surface area contributed by atoms with Crippen LogP contribution in [0.5, 0.6) is 5.75 Å². The maximum atomic E-state index is 12.4. The predicted octanol–water partition coefficient (Wildman–Crippen LogP) is 2.57. The number of nitrogens with one attached hydrogen (secondary N) is 1. The first kappa shape index (κ1) is 16.2. The van der Waals surface area contributed by atoms with Crippen molar-refractivity contribution in [2.24, 2.45) is 0 Å². The van der Waals surface area contributed by atoms with Gasteiger partial charge in [0.2, 0.25) is 5.91 Å². The van der Waals surface area contributed by atoms with Crippen molar-refractivity contribution >= 4 is 17.7 Å². The summed E-state index contributed by atoms with van der Waals surface area (Å²) in [6.07, 6.45) is 2.03. The molecule has 116 valence electrons. The van der Waals surface area contributed by atoms with Crippen molar-refractivity contribution in [2.45, 2.75) is 38.2 Å². The van der Waals surface area contributed by atoms with Gasteiger partial charge in [-0.1, -0.05) is 13.0 Å². The van der Waals surface area contributed by atoms with Gasteiger partial charge in [0.1, 0.15) is 11.9 Å². The van der Waals surface area contributed by atoms with Crippen LogP contribution in [0.25, 0.3) is 0 Å². The Balaban J connectivity index is 2.27. The second-order valence-corrected chi connectivity index (χ2v) is 6.83. The largest absolute Gasteiger partial charge is 0.496 e. The summed E-state index contributed by atoms with van der Waals surface area (Å²) >= 11 is 1.78. The van der Waals surface area contributed by atoms with Gasteiger partial charge < -0.3 is 9.64 Å². The molecule has 0 spiro atoms. The number of thioether (sulfide) groups is 1. The Morgan fingerprint density at radius 2 is 2.19 bits per heavy atom. The van der Waals surface area contributed by atoms with Gasteiger partial charge in [-0.05, 0) is 43.4 Å². The van der Waals surface area contributed by atoms with E-state index in [2.05, 4.69) is 24.6 Å². The summed E-state index contributed by atoms with van der Waals surface area (Å²) in [6.45, 7) is 6.86. The molecule has 0 radical (unpaired) electrons. The SMILES string of the molecule is COc1ccc(C2NC(C)C(=O)N2CC(C)SC)cc1C. The van der Waals surface area contributed by atoms with E-state index < -0.39 is 0 Å². The summed E-state index contributed by atoms with van der Waals surface area (Å²) in [6, 6.07) is 5.96. The molecule has 3 atom stereocenters. The highest BCUT2D eigenvalue weighted by Crippen LogP contribution is 2.29. The van der Waals surface area contributed by atoms with Gasteiger partial charge in [-0.25, -0.2) is 0 Å². The predicted molar refractivity (Wildman–Crippen MR) is 87.8 cm³/mol. The average Bonchev–Trinajstić information content (AvgIpc) is 2.75. The molecule has 1 aromatic carbocycles. The second kappa shape index (κ2) is 6.71. The number of hydrogen-bond acceptors (Lipinski definition) is 4. The molecule has 1 aliphatic heterocycles. The molecule has 1 amide bonds. The molecule has 0 aromatic heterocycles. The fourth-order valence-corrected chi connectivity index (χ4v) is 2.98. The molecule has 0 saturated carbocycles. The number of rotatable bonds is 5. The number of nitrogens with zero attached hydrogens (tertiary/aromatic N) is 1. The molecule has 1 saturated heterocycles. The number of amides is 1. The number of aryl methyl sites for hydroxylation is 1. The van der Waals surface area contributed by atoms with Gasteiger partial charge in [-0.3, -0.25) is 10.1 Å². The van der Waals surface area contributed by atoms with Crippen LogP contribution < -0.4 is 10.1 Å². The third-order valence-electron chi connectivity index (χ3n) is 3.96. The quantitative estimate of drug-likeness (QED) is 0.908. The maximum Gasteiger partial charge on any atom is 0.241 e. The normalized spacial score (nSPS) is 23.5. The van der Waals surface area contributed by atoms with E-state index in [1.54, 1.807) is 18.9 Å². The van der Waals surface area contributed by atoms with Gasteiger partial charge in [-0.15, -0.1) is 0 Å². The zero-order valence-electron chi connectivity index (χ0n) is 13.3. The third-order valence-corrected chi connectivity index (χ3v) is 4.92. The molecule has 1 aromatic rings. The van der Waals surface area contributed by atoms with Crippen LogP contribution in [0.1, 0.15) is 31.1 Å². The minimum atomic E-state index is -0.133. The van der Waals surface area contributed by atoms with E-state index in [0.717, 1.165) is 23.4 Å². The lowest BCUT2D eigenvalue weighted by Crippen LogP contribution is -2.35. The Bertz CT molecular complexity index is 521. The summed E-state index contributed by atoms with van der Waals surface area (Å²) in [7, 11) is 1.67. The molecular weight excluding hydrogens is 284 g/mol. The number of benzene rings is 1. The molecule has 2 rings (SSSR count). The number of carbonyl (C=O) groups excluding carboxylic acids is 1. The first-order valence-electron chi connectivity index (χ1n) is 7.21. The molecular formula is C16H24N2O2S. The summed E-state index contributed by atoms with van der Waals surface area (Å²) in [5.74, 6) is 1.05. The van der Waals surface area contributed by atoms with E-state index in [-0.39, 0.29) is 18.1 Å². The van der Waals surface area contributed by atoms with Crippen LogP contribution in [0, 0.1) is 6.92 Å². The van der Waals surface area contributed by atoms with Gasteiger partial charge in [0, 0.05) is 11.8 Å². The number of ether oxygens (including phenoxy) is 1. The molecule has 4 nitrogen and oxygen atoms in total. The Morgan fingerprint density at radius 1 is 1.48 bits per heavy atom. The first-order chi connectivity index (χ1) is 9.97. The average molecular weight is 308 g/mol. The second-order valence-electron chi connectivity index (χ2n) is 5.56. The van der Waals surface area contributed by atoms with Crippen LogP contribution in [0.15, 0.2) is 18.2 Å². The van der Waals surface area contributed by atoms with E-state index in [1.165, 1.54) is 0 Å². The van der Waals surface area contributed by atoms with Crippen LogP contribution >= 0.6 is 11.8 Å². The molecule has 5 heteroatoms. The van der Waals surface area contributed by atoms with Gasteiger partial charge >= 0.3 is 0 Å². The molecule has 21 heavy (non-hydrogen) atoms. The fraction of sp³-hybridized carbons (Fsp3) is 0.562. The van der Waals surface area contributed by atoms with Gasteiger partial charge in [0.15, 0.2) is 0 Å². The van der Waals surface area contributed by atoms with Crippen molar-refractivity contribution in [3.63, 3.8) is 0 Å². The van der Waals surface area contributed by atoms with Crippen LogP contribution in [0.4, 0.5) is 0 Å². The van der Waals surface area contributed by atoms with Crippen molar-refractivity contribution < 1.29 is 9.53 Å². The van der Waals surface area contributed by atoms with E-state index in [1.807, 2.05) is 30.9 Å². The van der Waals surface area contributed by atoms with Crippen molar-refractivity contribution in [3.8, 4) is 5.75 Å². The lowest BCUT2D eigenvalue weighted by molar-refractivity contribution is -0.129. The summed E-state index contributed by atoms with van der Waals surface area (Å²) in [4.78, 5) is 14.3. The lowest BCUT2D eigenvalue weighted by atomic mass is 10.1. The Hall–Kier alpha value is -1.20. The minimum Gasteiger partial charge on any atom is -0.496 e. The van der Waals surface area contributed by atoms with E-state index >= 15 is 0 Å². The summed E-state index contributed by atoms with van der Waals surface area (Å²) in [5.41, 5.74) is 2.20. The number of hydrogen-bond donors (Lipinski definition) is 1. The zero-order valence-corrected chi connectivity index (χ0v) is 14.2. The molecule has 1 heterocycles. The maximum absolute atomic E-state index is 12.4. The Labute approximate surface area is 131 Å². The van der Waals surface area contributed by atoms with Crippen LogP contribution in [-0.2, 0) is 4.79 Å². The monoisotopic (exact) mass is 308 g/mol. The lowest BCUT2D eigenvalue weighted by Gasteiger charge is -2.27. The van der Waals surface area contributed by atoms with E-state index in [9.17, 15) is 4.79 Å². The third kappa shape index (κ3) is 3.35. The number of methoxy groups -OCH3 is 1. The van der Waals surface area contributed by atoms with Crippen molar-refractivity contribution in [1.29, 1.82) is 0 Å². The van der Waals surface area contributed by atoms with Crippen molar-refractivity contribution in [2.75, 3.05) is 19.9 Å². The zero-order chi connectivity index (χ0) is 15.6. The van der Waals surface area contributed by atoms with Gasteiger partial charge in [-0.2, -0.15) is 11.8 Å². The summed E-state index contributed by atoms with van der Waals surface area (Å²) < 4.78 is 5.31. The van der Waals surface area contributed by atoms with Crippen LogP contribution in [-0.4, -0.2) is 42.0 Å². The summed E-state index contributed by atoms with van der Waals surface area (Å²) in [5, 5.41) is 3.81. The smallest absolute Gasteiger partial charge is 0.241 e. The van der Waals surface area contributed by atoms with E-state index in [0.29, 0.717) is 5.25 Å². The van der Waals surface area contributed by atoms with Crippen LogP contribution in [0.3, 0.4) is 0 Å². The first-order valence-corrected chi connectivity index (χ1v) is 8.50. The molecule has 1 aliphatic rings. The molecule has 1 fully saturated rings. The highest BCUT2D eigenvalue weighted by Gasteiger charge is 2.37. The molecule has 0 bridgehead atoms. The topological polar surface area (TPSA) is 41.6 Å². The van der Waals surface area contributed by atoms with Crippen molar-refractivity contribution in [1.82, 2.24) is 10.2 Å². The van der Waals surface area contributed by atoms with Crippen molar-refractivity contribution in [3.05, 3.63) is 29.3 Å². The molecule has 3 unspecified atom stereocenters. The number of carbonyl (C=O) groups is 1. The molecule has 0 aliphatic carbocycles.